The van der Waals surface area contributed by atoms with Gasteiger partial charge in [0.15, 0.2) is 0 Å². The lowest BCUT2D eigenvalue weighted by atomic mass is 9.85. The van der Waals surface area contributed by atoms with Crippen molar-refractivity contribution >= 4 is 16.0 Å². The summed E-state index contributed by atoms with van der Waals surface area (Å²) in [4.78, 5) is 11.2. The van der Waals surface area contributed by atoms with Gasteiger partial charge < -0.3 is 5.11 Å². The van der Waals surface area contributed by atoms with Gasteiger partial charge >= 0.3 is 5.97 Å². The lowest BCUT2D eigenvalue weighted by Gasteiger charge is -2.22. The zero-order valence-electron chi connectivity index (χ0n) is 13.9. The summed E-state index contributed by atoms with van der Waals surface area (Å²) in [7, 11) is -3.25. The molecule has 124 valence electrons. The van der Waals surface area contributed by atoms with Crippen LogP contribution in [0.4, 0.5) is 0 Å². The van der Waals surface area contributed by atoms with Crippen molar-refractivity contribution in [1.82, 2.24) is 4.31 Å². The van der Waals surface area contributed by atoms with E-state index in [2.05, 4.69) is 0 Å². The molecule has 5 nitrogen and oxygen atoms in total. The predicted octanol–water partition coefficient (Wildman–Crippen LogP) is 2.43. The van der Waals surface area contributed by atoms with Gasteiger partial charge in [0, 0.05) is 13.1 Å². The molecule has 0 atom stereocenters. The molecule has 1 N–H and O–H groups in total. The van der Waals surface area contributed by atoms with E-state index in [9.17, 15) is 18.3 Å². The lowest BCUT2D eigenvalue weighted by Crippen LogP contribution is -2.29. The van der Waals surface area contributed by atoms with Crippen molar-refractivity contribution in [3.63, 3.8) is 0 Å². The topological polar surface area (TPSA) is 74.7 Å². The van der Waals surface area contributed by atoms with Crippen molar-refractivity contribution in [2.75, 3.05) is 12.8 Å². The van der Waals surface area contributed by atoms with Gasteiger partial charge in [-0.2, -0.15) is 4.31 Å². The Morgan fingerprint density at radius 3 is 2.36 bits per heavy atom. The van der Waals surface area contributed by atoms with E-state index in [1.165, 1.54) is 10.6 Å². The number of carboxylic acid groups (broad SMARTS) is 1. The maximum absolute atomic E-state index is 11.7. The molecule has 0 aliphatic carbocycles. The maximum Gasteiger partial charge on any atom is 0.309 e. The molecule has 0 saturated carbocycles. The monoisotopic (exact) mass is 327 g/mol. The van der Waals surface area contributed by atoms with Crippen molar-refractivity contribution in [3.8, 4) is 0 Å². The van der Waals surface area contributed by atoms with Gasteiger partial charge in [-0.15, -0.1) is 0 Å². The largest absolute Gasteiger partial charge is 0.481 e. The van der Waals surface area contributed by atoms with Crippen molar-refractivity contribution < 1.29 is 18.3 Å². The Morgan fingerprint density at radius 1 is 1.32 bits per heavy atom. The molecule has 0 bridgehead atoms. The van der Waals surface area contributed by atoms with Crippen molar-refractivity contribution in [2.45, 2.75) is 40.7 Å². The molecular weight excluding hydrogens is 302 g/mol. The zero-order valence-corrected chi connectivity index (χ0v) is 14.7. The standard InChI is InChI=1S/C16H25NO4S/c1-6-17(22(5,20)21)11-14-9-13(8-7-12(14)2)10-16(3,4)15(18)19/h7-9H,6,10-11H2,1-5H3,(H,18,19). The molecule has 6 heteroatoms. The Bertz CT molecular complexity index is 650. The smallest absolute Gasteiger partial charge is 0.309 e. The summed E-state index contributed by atoms with van der Waals surface area (Å²) >= 11 is 0. The van der Waals surface area contributed by atoms with Crippen LogP contribution in [0.2, 0.25) is 0 Å². The SMILES string of the molecule is CCN(Cc1cc(CC(C)(C)C(=O)O)ccc1C)S(C)(=O)=O. The number of rotatable bonds is 7. The highest BCUT2D eigenvalue weighted by Crippen LogP contribution is 2.24. The number of carbonyl (C=O) groups is 1. The number of benzene rings is 1. The highest BCUT2D eigenvalue weighted by atomic mass is 32.2. The van der Waals surface area contributed by atoms with Crippen LogP contribution in [0.3, 0.4) is 0 Å². The first kappa shape index (κ1) is 18.6. The van der Waals surface area contributed by atoms with Gasteiger partial charge in [0.1, 0.15) is 0 Å². The fourth-order valence-corrected chi connectivity index (χ4v) is 3.09. The summed E-state index contributed by atoms with van der Waals surface area (Å²) in [6, 6.07) is 5.73. The average Bonchev–Trinajstić information content (AvgIpc) is 2.37. The van der Waals surface area contributed by atoms with Crippen LogP contribution in [0.25, 0.3) is 0 Å². The molecular formula is C16H25NO4S. The summed E-state index contributed by atoms with van der Waals surface area (Å²) < 4.78 is 24.9. The van der Waals surface area contributed by atoms with Gasteiger partial charge in [-0.05, 0) is 43.9 Å². The fraction of sp³-hybridized carbons (Fsp3) is 0.562. The molecule has 0 spiro atoms. The van der Waals surface area contributed by atoms with E-state index in [-0.39, 0.29) is 0 Å². The van der Waals surface area contributed by atoms with E-state index in [0.717, 1.165) is 16.7 Å². The highest BCUT2D eigenvalue weighted by Gasteiger charge is 2.27. The minimum Gasteiger partial charge on any atom is -0.481 e. The van der Waals surface area contributed by atoms with Crippen molar-refractivity contribution in [2.24, 2.45) is 5.41 Å². The fourth-order valence-electron chi connectivity index (χ4n) is 2.24. The summed E-state index contributed by atoms with van der Waals surface area (Å²) in [5, 5.41) is 9.23. The predicted molar refractivity (Wildman–Crippen MR) is 87.2 cm³/mol. The van der Waals surface area contributed by atoms with E-state index in [1.54, 1.807) is 20.8 Å². The van der Waals surface area contributed by atoms with Crippen LogP contribution in [-0.4, -0.2) is 36.6 Å². The molecule has 22 heavy (non-hydrogen) atoms. The Kier molecular flexibility index (Phi) is 5.76. The Balaban J connectivity index is 3.08. The lowest BCUT2D eigenvalue weighted by molar-refractivity contribution is -0.146. The van der Waals surface area contributed by atoms with E-state index in [0.29, 0.717) is 19.5 Å². The number of hydrogen-bond donors (Lipinski definition) is 1. The Hall–Kier alpha value is -1.40. The van der Waals surface area contributed by atoms with E-state index >= 15 is 0 Å². The Labute approximate surface area is 133 Å². The first-order chi connectivity index (χ1) is 9.97. The maximum atomic E-state index is 11.7. The summed E-state index contributed by atoms with van der Waals surface area (Å²) in [6.07, 6.45) is 1.60. The van der Waals surface area contributed by atoms with Crippen molar-refractivity contribution in [1.29, 1.82) is 0 Å². The third kappa shape index (κ3) is 4.81. The quantitative estimate of drug-likeness (QED) is 0.834. The van der Waals surface area contributed by atoms with Crippen LogP contribution < -0.4 is 0 Å². The number of sulfonamides is 1. The molecule has 0 saturated heterocycles. The molecule has 0 aromatic heterocycles. The second-order valence-electron chi connectivity index (χ2n) is 6.32. The number of aliphatic carboxylic acids is 1. The number of carboxylic acids is 1. The third-order valence-electron chi connectivity index (χ3n) is 3.81. The molecule has 0 unspecified atom stereocenters. The molecule has 0 aliphatic rings. The van der Waals surface area contributed by atoms with Gasteiger partial charge in [-0.1, -0.05) is 25.1 Å². The number of hydrogen-bond acceptors (Lipinski definition) is 3. The third-order valence-corrected chi connectivity index (χ3v) is 5.13. The van der Waals surface area contributed by atoms with Crippen LogP contribution in [0.15, 0.2) is 18.2 Å². The summed E-state index contributed by atoms with van der Waals surface area (Å²) in [5.74, 6) is -0.846. The minimum atomic E-state index is -3.25. The number of nitrogens with zero attached hydrogens (tertiary/aromatic N) is 1. The summed E-state index contributed by atoms with van der Waals surface area (Å²) in [6.45, 7) is 7.81. The van der Waals surface area contributed by atoms with Gasteiger partial charge in [-0.3, -0.25) is 4.79 Å². The van der Waals surface area contributed by atoms with Crippen LogP contribution in [0, 0.1) is 12.3 Å². The van der Waals surface area contributed by atoms with Crippen LogP contribution in [0.1, 0.15) is 37.5 Å². The second kappa shape index (κ2) is 6.79. The van der Waals surface area contributed by atoms with Gasteiger partial charge in [-0.25, -0.2) is 8.42 Å². The van der Waals surface area contributed by atoms with Gasteiger partial charge in [0.2, 0.25) is 10.0 Å². The van der Waals surface area contributed by atoms with Gasteiger partial charge in [0.25, 0.3) is 0 Å². The summed E-state index contributed by atoms with van der Waals surface area (Å²) in [5.41, 5.74) is 1.95. The van der Waals surface area contributed by atoms with Crippen LogP contribution in [0.5, 0.6) is 0 Å². The van der Waals surface area contributed by atoms with Crippen LogP contribution >= 0.6 is 0 Å². The normalized spacial score (nSPS) is 12.6. The molecule has 1 aromatic carbocycles. The zero-order chi connectivity index (χ0) is 17.1. The van der Waals surface area contributed by atoms with Gasteiger partial charge in [0.05, 0.1) is 11.7 Å². The van der Waals surface area contributed by atoms with E-state index in [1.807, 2.05) is 25.1 Å². The van der Waals surface area contributed by atoms with Crippen LogP contribution in [-0.2, 0) is 27.8 Å². The molecule has 0 heterocycles. The van der Waals surface area contributed by atoms with E-state index in [4.69, 9.17) is 0 Å². The first-order valence-corrected chi connectivity index (χ1v) is 9.09. The second-order valence-corrected chi connectivity index (χ2v) is 8.30. The highest BCUT2D eigenvalue weighted by molar-refractivity contribution is 7.88. The molecule has 1 rings (SSSR count). The minimum absolute atomic E-state index is 0.308. The number of aryl methyl sites for hydroxylation is 1. The van der Waals surface area contributed by atoms with E-state index < -0.39 is 21.4 Å². The molecule has 0 fully saturated rings. The molecule has 1 aromatic rings. The first-order valence-electron chi connectivity index (χ1n) is 7.24. The Morgan fingerprint density at radius 2 is 1.91 bits per heavy atom. The van der Waals surface area contributed by atoms with Crippen molar-refractivity contribution in [3.05, 3.63) is 34.9 Å². The molecule has 0 amide bonds. The molecule has 0 aliphatic heterocycles. The molecule has 0 radical (unpaired) electrons. The average molecular weight is 327 g/mol.